The summed E-state index contributed by atoms with van der Waals surface area (Å²) in [5.74, 6) is -3.96. The Morgan fingerprint density at radius 2 is 1.84 bits per heavy atom. The van der Waals surface area contributed by atoms with Gasteiger partial charge in [-0.2, -0.15) is 8.78 Å². The SMILES string of the molecule is CCC1CCC(C(=O)COCC(F)(F)C(F)F)CC1. The van der Waals surface area contributed by atoms with Crippen molar-refractivity contribution in [2.45, 2.75) is 51.4 Å². The van der Waals surface area contributed by atoms with Crippen molar-refractivity contribution in [2.24, 2.45) is 11.8 Å². The van der Waals surface area contributed by atoms with Crippen molar-refractivity contribution in [3.05, 3.63) is 0 Å². The van der Waals surface area contributed by atoms with Gasteiger partial charge in [0.05, 0.1) is 0 Å². The molecule has 0 heterocycles. The highest BCUT2D eigenvalue weighted by atomic mass is 19.3. The maximum Gasteiger partial charge on any atom is 0.330 e. The molecule has 0 saturated heterocycles. The number of ketones is 1. The Balaban J connectivity index is 2.25. The van der Waals surface area contributed by atoms with Crippen LogP contribution in [0, 0.1) is 11.8 Å². The van der Waals surface area contributed by atoms with Crippen LogP contribution in [0.1, 0.15) is 39.0 Å². The molecule has 0 amide bonds. The Labute approximate surface area is 110 Å². The van der Waals surface area contributed by atoms with Crippen LogP contribution >= 0.6 is 0 Å². The molecule has 0 aromatic rings. The molecule has 1 aliphatic carbocycles. The number of carbonyl (C=O) groups is 1. The van der Waals surface area contributed by atoms with Gasteiger partial charge in [0, 0.05) is 5.92 Å². The van der Waals surface area contributed by atoms with E-state index in [2.05, 4.69) is 11.7 Å². The van der Waals surface area contributed by atoms with Gasteiger partial charge in [0.25, 0.3) is 0 Å². The number of alkyl halides is 4. The molecule has 0 aromatic carbocycles. The van der Waals surface area contributed by atoms with Crippen LogP contribution in [0.4, 0.5) is 17.6 Å². The van der Waals surface area contributed by atoms with Gasteiger partial charge >= 0.3 is 12.3 Å². The van der Waals surface area contributed by atoms with Gasteiger partial charge < -0.3 is 4.74 Å². The number of ether oxygens (including phenoxy) is 1. The van der Waals surface area contributed by atoms with Gasteiger partial charge in [-0.05, 0) is 31.6 Å². The Bertz CT molecular complexity index is 286. The topological polar surface area (TPSA) is 26.3 Å². The summed E-state index contributed by atoms with van der Waals surface area (Å²) >= 11 is 0. The molecule has 0 unspecified atom stereocenters. The van der Waals surface area contributed by atoms with Crippen LogP contribution in [-0.4, -0.2) is 31.3 Å². The second-order valence-corrected chi connectivity index (χ2v) is 5.15. The lowest BCUT2D eigenvalue weighted by Crippen LogP contribution is -2.34. The minimum Gasteiger partial charge on any atom is -0.367 e. The molecule has 2 nitrogen and oxygen atoms in total. The van der Waals surface area contributed by atoms with E-state index in [1.54, 1.807) is 0 Å². The van der Waals surface area contributed by atoms with Crippen molar-refractivity contribution in [1.29, 1.82) is 0 Å². The number of carbonyl (C=O) groups excluding carboxylic acids is 1. The van der Waals surface area contributed by atoms with Gasteiger partial charge in [-0.15, -0.1) is 0 Å². The van der Waals surface area contributed by atoms with Gasteiger partial charge in [-0.25, -0.2) is 8.78 Å². The Hall–Kier alpha value is -0.650. The van der Waals surface area contributed by atoms with Crippen LogP contribution in [0.2, 0.25) is 0 Å². The summed E-state index contributed by atoms with van der Waals surface area (Å²) in [4.78, 5) is 11.7. The van der Waals surface area contributed by atoms with E-state index in [-0.39, 0.29) is 11.7 Å². The second-order valence-electron chi connectivity index (χ2n) is 5.15. The number of Topliss-reactive ketones (excluding diaryl/α,β-unsaturated/α-hetero) is 1. The minimum atomic E-state index is -4.18. The normalized spacial score (nSPS) is 24.7. The van der Waals surface area contributed by atoms with E-state index in [4.69, 9.17) is 0 Å². The summed E-state index contributed by atoms with van der Waals surface area (Å²) in [6.45, 7) is 0.201. The first-order chi connectivity index (χ1) is 8.86. The molecule has 0 aromatic heterocycles. The average Bonchev–Trinajstić information content (AvgIpc) is 2.38. The van der Waals surface area contributed by atoms with Crippen LogP contribution < -0.4 is 0 Å². The van der Waals surface area contributed by atoms with Crippen molar-refractivity contribution >= 4 is 5.78 Å². The quantitative estimate of drug-likeness (QED) is 0.666. The highest BCUT2D eigenvalue weighted by molar-refractivity contribution is 5.82. The van der Waals surface area contributed by atoms with Gasteiger partial charge in [-0.3, -0.25) is 4.79 Å². The molecular weight excluding hydrogens is 264 g/mol. The van der Waals surface area contributed by atoms with Crippen molar-refractivity contribution < 1.29 is 27.1 Å². The first kappa shape index (κ1) is 16.4. The van der Waals surface area contributed by atoms with Gasteiger partial charge in [0.15, 0.2) is 5.78 Å². The molecule has 1 rings (SSSR count). The summed E-state index contributed by atoms with van der Waals surface area (Å²) in [6.07, 6.45) is 0.721. The molecular formula is C13H20F4O2. The Morgan fingerprint density at radius 1 is 1.26 bits per heavy atom. The highest BCUT2D eigenvalue weighted by Gasteiger charge is 2.41. The standard InChI is InChI=1S/C13H20F4O2/c1-2-9-3-5-10(6-4-9)11(18)7-19-8-13(16,17)12(14)15/h9-10,12H,2-8H2,1H3. The molecule has 0 aliphatic heterocycles. The first-order valence-corrected chi connectivity index (χ1v) is 6.63. The van der Waals surface area contributed by atoms with E-state index in [9.17, 15) is 22.4 Å². The van der Waals surface area contributed by atoms with E-state index in [1.807, 2.05) is 0 Å². The Morgan fingerprint density at radius 3 is 2.32 bits per heavy atom. The van der Waals surface area contributed by atoms with Crippen LogP contribution in [0.5, 0.6) is 0 Å². The van der Waals surface area contributed by atoms with Crippen molar-refractivity contribution in [1.82, 2.24) is 0 Å². The largest absolute Gasteiger partial charge is 0.367 e. The highest BCUT2D eigenvalue weighted by Crippen LogP contribution is 2.31. The molecule has 19 heavy (non-hydrogen) atoms. The minimum absolute atomic E-state index is 0.164. The summed E-state index contributed by atoms with van der Waals surface area (Å²) in [5, 5.41) is 0. The zero-order valence-corrected chi connectivity index (χ0v) is 11.0. The zero-order chi connectivity index (χ0) is 14.5. The molecule has 1 saturated carbocycles. The van der Waals surface area contributed by atoms with Gasteiger partial charge in [-0.1, -0.05) is 13.3 Å². The predicted octanol–water partition coefficient (Wildman–Crippen LogP) is 3.69. The molecule has 6 heteroatoms. The van der Waals surface area contributed by atoms with Crippen molar-refractivity contribution in [3.8, 4) is 0 Å². The summed E-state index contributed by atoms with van der Waals surface area (Å²) < 4.78 is 53.3. The molecule has 1 aliphatic rings. The lowest BCUT2D eigenvalue weighted by atomic mass is 9.79. The van der Waals surface area contributed by atoms with Crippen LogP contribution in [0.15, 0.2) is 0 Å². The van der Waals surface area contributed by atoms with Crippen LogP contribution in [-0.2, 0) is 9.53 Å². The monoisotopic (exact) mass is 284 g/mol. The maximum atomic E-state index is 12.5. The molecule has 0 spiro atoms. The van der Waals surface area contributed by atoms with Gasteiger partial charge in [0.1, 0.15) is 13.2 Å². The smallest absolute Gasteiger partial charge is 0.330 e. The van der Waals surface area contributed by atoms with Crippen LogP contribution in [0.25, 0.3) is 0 Å². The summed E-state index contributed by atoms with van der Waals surface area (Å²) in [6, 6.07) is 0. The maximum absolute atomic E-state index is 12.5. The fraction of sp³-hybridized carbons (Fsp3) is 0.923. The number of hydrogen-bond acceptors (Lipinski definition) is 2. The number of halogens is 4. The lowest BCUT2D eigenvalue weighted by Gasteiger charge is -2.26. The summed E-state index contributed by atoms with van der Waals surface area (Å²) in [7, 11) is 0. The van der Waals surface area contributed by atoms with Gasteiger partial charge in [0.2, 0.25) is 0 Å². The third kappa shape index (κ3) is 5.09. The van der Waals surface area contributed by atoms with E-state index in [1.165, 1.54) is 0 Å². The Kier molecular flexibility index (Phi) is 6.23. The van der Waals surface area contributed by atoms with Crippen LogP contribution in [0.3, 0.4) is 0 Å². The number of hydrogen-bond donors (Lipinski definition) is 0. The second kappa shape index (κ2) is 7.22. The fourth-order valence-electron chi connectivity index (χ4n) is 2.36. The van der Waals surface area contributed by atoms with E-state index in [0.29, 0.717) is 5.92 Å². The van der Waals surface area contributed by atoms with E-state index in [0.717, 1.165) is 32.1 Å². The predicted molar refractivity (Wildman–Crippen MR) is 62.5 cm³/mol. The van der Waals surface area contributed by atoms with E-state index < -0.39 is 25.6 Å². The van der Waals surface area contributed by atoms with Crippen molar-refractivity contribution in [3.63, 3.8) is 0 Å². The third-order valence-electron chi connectivity index (χ3n) is 3.74. The summed E-state index contributed by atoms with van der Waals surface area (Å²) in [5.41, 5.74) is 0. The van der Waals surface area contributed by atoms with E-state index >= 15 is 0 Å². The fourth-order valence-corrected chi connectivity index (χ4v) is 2.36. The lowest BCUT2D eigenvalue weighted by molar-refractivity contribution is -0.169. The average molecular weight is 284 g/mol. The molecule has 1 fully saturated rings. The molecule has 0 atom stereocenters. The van der Waals surface area contributed by atoms with Crippen molar-refractivity contribution in [2.75, 3.05) is 13.2 Å². The molecule has 112 valence electrons. The molecule has 0 N–H and O–H groups in total. The molecule has 0 bridgehead atoms. The molecule has 0 radical (unpaired) electrons. The third-order valence-corrected chi connectivity index (χ3v) is 3.74. The zero-order valence-electron chi connectivity index (χ0n) is 11.0. The number of rotatable bonds is 7. The first-order valence-electron chi connectivity index (χ1n) is 6.63.